The smallest absolute Gasteiger partial charge is 0.250 e. The maximum Gasteiger partial charge on any atom is 0.250 e. The van der Waals surface area contributed by atoms with E-state index in [4.69, 9.17) is 0 Å². The van der Waals surface area contributed by atoms with E-state index in [1.807, 2.05) is 12.3 Å². The lowest BCUT2D eigenvalue weighted by atomic mass is 9.98. The lowest BCUT2D eigenvalue weighted by molar-refractivity contribution is 0.268. The fraction of sp³-hybridized carbons (Fsp3) is 0.450. The highest BCUT2D eigenvalue weighted by atomic mass is 16.1. The summed E-state index contributed by atoms with van der Waals surface area (Å²) in [5, 5.41) is 0. The highest BCUT2D eigenvalue weighted by Crippen LogP contribution is 2.31. The SMILES string of the molecule is CCN1CCc2ccc(N(c3ccc(=O)n(C)c3)C(C)C)cc2C1. The van der Waals surface area contributed by atoms with Crippen molar-refractivity contribution in [2.24, 2.45) is 7.05 Å². The maximum atomic E-state index is 11.7. The van der Waals surface area contributed by atoms with Gasteiger partial charge in [0.25, 0.3) is 0 Å². The van der Waals surface area contributed by atoms with Crippen LogP contribution in [0, 0.1) is 0 Å². The number of anilines is 2. The first-order valence-electron chi connectivity index (χ1n) is 8.79. The average molecular weight is 325 g/mol. The van der Waals surface area contributed by atoms with Gasteiger partial charge in [0.05, 0.1) is 5.69 Å². The number of pyridine rings is 1. The summed E-state index contributed by atoms with van der Waals surface area (Å²) in [6, 6.07) is 10.7. The standard InChI is InChI=1S/C20H27N3O/c1-5-22-11-10-16-6-7-18(12-17(16)13-22)23(15(2)3)19-8-9-20(24)21(4)14-19/h6-9,12,14-15H,5,10-11,13H2,1-4H3. The molecule has 1 aliphatic heterocycles. The minimum absolute atomic E-state index is 0.0199. The number of hydrogen-bond acceptors (Lipinski definition) is 3. The molecule has 3 rings (SSSR count). The number of hydrogen-bond donors (Lipinski definition) is 0. The van der Waals surface area contributed by atoms with Crippen molar-refractivity contribution in [1.29, 1.82) is 0 Å². The minimum Gasteiger partial charge on any atom is -0.338 e. The van der Waals surface area contributed by atoms with Gasteiger partial charge in [-0.3, -0.25) is 9.69 Å². The monoisotopic (exact) mass is 325 g/mol. The molecule has 0 atom stereocenters. The van der Waals surface area contributed by atoms with Crippen molar-refractivity contribution in [3.8, 4) is 0 Å². The topological polar surface area (TPSA) is 28.5 Å². The molecule has 2 heterocycles. The molecule has 0 fully saturated rings. The molecule has 0 unspecified atom stereocenters. The quantitative estimate of drug-likeness (QED) is 0.863. The molecule has 1 aromatic carbocycles. The first kappa shape index (κ1) is 16.8. The van der Waals surface area contributed by atoms with Gasteiger partial charge in [-0.05, 0) is 56.1 Å². The number of nitrogens with zero attached hydrogens (tertiary/aromatic N) is 3. The van der Waals surface area contributed by atoms with E-state index < -0.39 is 0 Å². The molecule has 0 N–H and O–H groups in total. The van der Waals surface area contributed by atoms with E-state index in [1.165, 1.54) is 16.8 Å². The molecule has 0 bridgehead atoms. The summed E-state index contributed by atoms with van der Waals surface area (Å²) in [7, 11) is 1.80. The zero-order valence-electron chi connectivity index (χ0n) is 15.1. The van der Waals surface area contributed by atoms with Crippen LogP contribution in [-0.4, -0.2) is 28.6 Å². The van der Waals surface area contributed by atoms with Crippen LogP contribution in [0.3, 0.4) is 0 Å². The first-order chi connectivity index (χ1) is 11.5. The number of fused-ring (bicyclic) bond motifs is 1. The van der Waals surface area contributed by atoms with Crippen LogP contribution in [0.4, 0.5) is 11.4 Å². The predicted octanol–water partition coefficient (Wildman–Crippen LogP) is 3.31. The molecule has 0 aliphatic carbocycles. The second-order valence-electron chi connectivity index (χ2n) is 6.87. The third-order valence-electron chi connectivity index (χ3n) is 4.87. The minimum atomic E-state index is 0.0199. The summed E-state index contributed by atoms with van der Waals surface area (Å²) < 4.78 is 1.64. The average Bonchev–Trinajstić information content (AvgIpc) is 2.57. The van der Waals surface area contributed by atoms with Crippen LogP contribution in [-0.2, 0) is 20.0 Å². The third kappa shape index (κ3) is 3.24. The van der Waals surface area contributed by atoms with Crippen LogP contribution in [0.25, 0.3) is 0 Å². The summed E-state index contributed by atoms with van der Waals surface area (Å²) in [5.41, 5.74) is 5.16. The molecule has 4 nitrogen and oxygen atoms in total. The molecule has 0 saturated carbocycles. The zero-order valence-corrected chi connectivity index (χ0v) is 15.1. The van der Waals surface area contributed by atoms with Crippen LogP contribution in [0.1, 0.15) is 31.9 Å². The van der Waals surface area contributed by atoms with E-state index in [-0.39, 0.29) is 5.56 Å². The van der Waals surface area contributed by atoms with Gasteiger partial charge in [-0.15, -0.1) is 0 Å². The number of rotatable bonds is 4. The summed E-state index contributed by atoms with van der Waals surface area (Å²) >= 11 is 0. The Hall–Kier alpha value is -2.07. The lowest BCUT2D eigenvalue weighted by Crippen LogP contribution is -2.31. The van der Waals surface area contributed by atoms with E-state index in [2.05, 4.69) is 48.8 Å². The molecule has 0 spiro atoms. The van der Waals surface area contributed by atoms with Gasteiger partial charge in [0.2, 0.25) is 5.56 Å². The van der Waals surface area contributed by atoms with Crippen molar-refractivity contribution >= 4 is 11.4 Å². The van der Waals surface area contributed by atoms with Crippen LogP contribution < -0.4 is 10.5 Å². The molecular weight excluding hydrogens is 298 g/mol. The van der Waals surface area contributed by atoms with Gasteiger partial charge in [0.15, 0.2) is 0 Å². The van der Waals surface area contributed by atoms with Crippen LogP contribution in [0.15, 0.2) is 41.3 Å². The molecule has 0 saturated heterocycles. The molecular formula is C20H27N3O. The molecule has 24 heavy (non-hydrogen) atoms. The van der Waals surface area contributed by atoms with E-state index in [1.54, 1.807) is 17.7 Å². The van der Waals surface area contributed by atoms with Crippen molar-refractivity contribution < 1.29 is 0 Å². The molecule has 2 aromatic rings. The molecule has 0 amide bonds. The van der Waals surface area contributed by atoms with E-state index in [9.17, 15) is 4.79 Å². The van der Waals surface area contributed by atoms with Gasteiger partial charge in [-0.2, -0.15) is 0 Å². The third-order valence-corrected chi connectivity index (χ3v) is 4.87. The summed E-state index contributed by atoms with van der Waals surface area (Å²) in [6.07, 6.45) is 3.05. The highest BCUT2D eigenvalue weighted by Gasteiger charge is 2.19. The summed E-state index contributed by atoms with van der Waals surface area (Å²) in [6.45, 7) is 9.86. The van der Waals surface area contributed by atoms with Gasteiger partial charge in [-0.25, -0.2) is 0 Å². The molecule has 1 aromatic heterocycles. The Kier molecular flexibility index (Phi) is 4.76. The normalized spacial score (nSPS) is 14.7. The predicted molar refractivity (Wildman–Crippen MR) is 100 cm³/mol. The fourth-order valence-corrected chi connectivity index (χ4v) is 3.49. The first-order valence-corrected chi connectivity index (χ1v) is 8.79. The van der Waals surface area contributed by atoms with Crippen LogP contribution >= 0.6 is 0 Å². The molecule has 128 valence electrons. The second-order valence-corrected chi connectivity index (χ2v) is 6.87. The van der Waals surface area contributed by atoms with Gasteiger partial charge in [0, 0.05) is 44.1 Å². The van der Waals surface area contributed by atoms with Crippen LogP contribution in [0.5, 0.6) is 0 Å². The fourth-order valence-electron chi connectivity index (χ4n) is 3.49. The number of benzene rings is 1. The van der Waals surface area contributed by atoms with E-state index in [0.29, 0.717) is 6.04 Å². The largest absolute Gasteiger partial charge is 0.338 e. The second kappa shape index (κ2) is 6.81. The van der Waals surface area contributed by atoms with E-state index >= 15 is 0 Å². The van der Waals surface area contributed by atoms with Crippen molar-refractivity contribution in [1.82, 2.24) is 9.47 Å². The van der Waals surface area contributed by atoms with E-state index in [0.717, 1.165) is 31.7 Å². The Labute approximate surface area is 144 Å². The lowest BCUT2D eigenvalue weighted by Gasteiger charge is -2.32. The van der Waals surface area contributed by atoms with Crippen molar-refractivity contribution in [2.45, 2.75) is 39.8 Å². The maximum absolute atomic E-state index is 11.7. The number of aromatic nitrogens is 1. The van der Waals surface area contributed by atoms with Crippen molar-refractivity contribution in [3.63, 3.8) is 0 Å². The van der Waals surface area contributed by atoms with Gasteiger partial charge in [0.1, 0.15) is 0 Å². The van der Waals surface area contributed by atoms with Crippen molar-refractivity contribution in [2.75, 3.05) is 18.0 Å². The Morgan fingerprint density at radius 3 is 2.54 bits per heavy atom. The van der Waals surface area contributed by atoms with Crippen molar-refractivity contribution in [3.05, 3.63) is 58.0 Å². The molecule has 4 heteroatoms. The highest BCUT2D eigenvalue weighted by molar-refractivity contribution is 5.64. The Morgan fingerprint density at radius 1 is 1.12 bits per heavy atom. The summed E-state index contributed by atoms with van der Waals surface area (Å²) in [4.78, 5) is 16.5. The van der Waals surface area contributed by atoms with Gasteiger partial charge >= 0.3 is 0 Å². The number of aryl methyl sites for hydroxylation is 1. The Balaban J connectivity index is 2.00. The summed E-state index contributed by atoms with van der Waals surface area (Å²) in [5.74, 6) is 0. The molecule has 1 aliphatic rings. The Bertz CT molecular complexity index is 779. The van der Waals surface area contributed by atoms with Gasteiger partial charge < -0.3 is 9.47 Å². The zero-order chi connectivity index (χ0) is 17.3. The molecule has 0 radical (unpaired) electrons. The van der Waals surface area contributed by atoms with Gasteiger partial charge in [-0.1, -0.05) is 13.0 Å². The Morgan fingerprint density at radius 2 is 1.88 bits per heavy atom. The number of likely N-dealkylation sites (N-methyl/N-ethyl adjacent to an activating group) is 1. The van der Waals surface area contributed by atoms with Crippen LogP contribution in [0.2, 0.25) is 0 Å².